The summed E-state index contributed by atoms with van der Waals surface area (Å²) in [5.74, 6) is 2.35. The Morgan fingerprint density at radius 2 is 1.00 bits per heavy atom. The number of aryl methyl sites for hydroxylation is 4. The fourth-order valence-electron chi connectivity index (χ4n) is 3.59. The lowest BCUT2D eigenvalue weighted by atomic mass is 10.0. The van der Waals surface area contributed by atoms with Crippen LogP contribution < -0.4 is 0 Å². The zero-order chi connectivity index (χ0) is 21.4. The highest BCUT2D eigenvalue weighted by atomic mass is 14.8. The molecule has 0 bridgehead atoms. The van der Waals surface area contributed by atoms with Gasteiger partial charge in [-0.25, -0.2) is 0 Å². The first-order valence-electron chi connectivity index (χ1n) is 10.6. The topological polar surface area (TPSA) is 47.0 Å². The molecule has 0 atom stereocenters. The van der Waals surface area contributed by atoms with Crippen molar-refractivity contribution in [2.75, 3.05) is 0 Å². The summed E-state index contributed by atoms with van der Waals surface area (Å²) in [7, 11) is 0. The van der Waals surface area contributed by atoms with Gasteiger partial charge in [-0.1, -0.05) is 64.1 Å². The maximum absolute atomic E-state index is 9.88. The SMILES string of the molecule is CCc1cccc(CC)c1N=C(C)C(=C=[N-])C(C)=Nc1c(CC)cccc1CC. The molecule has 152 valence electrons. The Morgan fingerprint density at radius 1 is 0.690 bits per heavy atom. The van der Waals surface area contributed by atoms with Crippen molar-refractivity contribution in [1.29, 1.82) is 0 Å². The van der Waals surface area contributed by atoms with Crippen molar-refractivity contribution < 1.29 is 0 Å². The smallest absolute Gasteiger partial charge is 0.0697 e. The number of hydrogen-bond acceptors (Lipinski definition) is 2. The van der Waals surface area contributed by atoms with E-state index in [1.165, 1.54) is 22.3 Å². The highest BCUT2D eigenvalue weighted by Gasteiger charge is 2.11. The van der Waals surface area contributed by atoms with Gasteiger partial charge in [0.2, 0.25) is 0 Å². The number of rotatable bonds is 8. The predicted octanol–water partition coefficient (Wildman–Crippen LogP) is 6.99. The second-order valence-electron chi connectivity index (χ2n) is 7.15. The Kier molecular flexibility index (Phi) is 8.30. The Bertz CT molecular complexity index is 855. The predicted molar refractivity (Wildman–Crippen MR) is 128 cm³/mol. The van der Waals surface area contributed by atoms with Crippen molar-refractivity contribution >= 4 is 28.7 Å². The van der Waals surface area contributed by atoms with Gasteiger partial charge in [-0.2, -0.15) is 0 Å². The third-order valence-corrected chi connectivity index (χ3v) is 5.32. The summed E-state index contributed by atoms with van der Waals surface area (Å²) in [4.78, 5) is 9.79. The molecule has 0 amide bonds. The quantitative estimate of drug-likeness (QED) is 0.439. The third kappa shape index (κ3) is 5.19. The van der Waals surface area contributed by atoms with E-state index in [1.54, 1.807) is 0 Å². The van der Waals surface area contributed by atoms with Crippen molar-refractivity contribution in [3.05, 3.63) is 69.6 Å². The van der Waals surface area contributed by atoms with Gasteiger partial charge in [-0.05, 0) is 61.8 Å². The van der Waals surface area contributed by atoms with Gasteiger partial charge in [0.1, 0.15) is 0 Å². The molecule has 2 aromatic carbocycles. The molecule has 0 radical (unpaired) electrons. The Morgan fingerprint density at radius 3 is 1.24 bits per heavy atom. The lowest BCUT2D eigenvalue weighted by Gasteiger charge is -2.13. The monoisotopic (exact) mass is 386 g/mol. The fourth-order valence-corrected chi connectivity index (χ4v) is 3.59. The molecule has 0 spiro atoms. The van der Waals surface area contributed by atoms with Gasteiger partial charge in [0, 0.05) is 5.57 Å². The number of benzene rings is 2. The molecule has 0 fully saturated rings. The minimum Gasteiger partial charge on any atom is -0.763 e. The normalized spacial score (nSPS) is 12.1. The van der Waals surface area contributed by atoms with E-state index in [-0.39, 0.29) is 0 Å². The standard InChI is InChI=1S/C26H32N3/c1-7-20-13-11-14-21(8-2)25(20)28-18(5)24(17-27)19(6)29-26-22(9-3)15-12-16-23(26)10-4/h11-16H,7-10H2,1-6H3/q-1. The largest absolute Gasteiger partial charge is 0.763 e. The highest BCUT2D eigenvalue weighted by Crippen LogP contribution is 2.28. The van der Waals surface area contributed by atoms with Crippen LogP contribution in [-0.2, 0) is 25.7 Å². The minimum atomic E-state index is 0.547. The zero-order valence-corrected chi connectivity index (χ0v) is 18.6. The summed E-state index contributed by atoms with van der Waals surface area (Å²) >= 11 is 0. The maximum Gasteiger partial charge on any atom is 0.0697 e. The van der Waals surface area contributed by atoms with E-state index in [1.807, 2.05) is 13.8 Å². The molecule has 3 nitrogen and oxygen atoms in total. The Hall–Kier alpha value is -2.77. The molecule has 0 aliphatic carbocycles. The van der Waals surface area contributed by atoms with Gasteiger partial charge in [0.25, 0.3) is 0 Å². The third-order valence-electron chi connectivity index (χ3n) is 5.32. The van der Waals surface area contributed by atoms with Crippen LogP contribution in [0.4, 0.5) is 11.4 Å². The van der Waals surface area contributed by atoms with Crippen LogP contribution in [0.5, 0.6) is 0 Å². The van der Waals surface area contributed by atoms with Crippen LogP contribution in [0.3, 0.4) is 0 Å². The van der Waals surface area contributed by atoms with E-state index in [9.17, 15) is 5.41 Å². The summed E-state index contributed by atoms with van der Waals surface area (Å²) < 4.78 is 0. The van der Waals surface area contributed by atoms with Crippen molar-refractivity contribution in [1.82, 2.24) is 0 Å². The summed E-state index contributed by atoms with van der Waals surface area (Å²) in [6.45, 7) is 12.4. The first-order chi connectivity index (χ1) is 14.0. The second-order valence-corrected chi connectivity index (χ2v) is 7.15. The average molecular weight is 387 g/mol. The molecule has 2 rings (SSSR count). The molecule has 0 saturated heterocycles. The van der Waals surface area contributed by atoms with Gasteiger partial charge in [0.05, 0.1) is 22.8 Å². The lowest BCUT2D eigenvalue weighted by Crippen LogP contribution is -2.08. The molecule has 0 N–H and O–H groups in total. The average Bonchev–Trinajstić information content (AvgIpc) is 2.74. The molecule has 3 heteroatoms. The van der Waals surface area contributed by atoms with E-state index < -0.39 is 0 Å². The Labute approximate surface area is 175 Å². The van der Waals surface area contributed by atoms with E-state index in [4.69, 9.17) is 9.98 Å². The molecule has 0 aromatic heterocycles. The van der Waals surface area contributed by atoms with Gasteiger partial charge in [-0.15, -0.1) is 0 Å². The van der Waals surface area contributed by atoms with Crippen molar-refractivity contribution in [3.63, 3.8) is 0 Å². The van der Waals surface area contributed by atoms with Crippen LogP contribution in [0.25, 0.3) is 5.41 Å². The minimum absolute atomic E-state index is 0.547. The van der Waals surface area contributed by atoms with Crippen LogP contribution in [0.2, 0.25) is 0 Å². The molecular formula is C26H32N3-. The zero-order valence-electron chi connectivity index (χ0n) is 18.6. The van der Waals surface area contributed by atoms with E-state index >= 15 is 0 Å². The molecule has 0 aliphatic heterocycles. The summed E-state index contributed by atoms with van der Waals surface area (Å²) in [6, 6.07) is 12.6. The number of nitrogens with zero attached hydrogens (tertiary/aromatic N) is 3. The van der Waals surface area contributed by atoms with Crippen LogP contribution in [0, 0.1) is 0 Å². The fraction of sp³-hybridized carbons (Fsp3) is 0.385. The van der Waals surface area contributed by atoms with Crippen LogP contribution in [0.1, 0.15) is 63.8 Å². The molecule has 2 aromatic rings. The van der Waals surface area contributed by atoms with Gasteiger partial charge in [-0.3, -0.25) is 15.9 Å². The molecule has 29 heavy (non-hydrogen) atoms. The summed E-state index contributed by atoms with van der Waals surface area (Å²) in [5.41, 5.74) is 8.82. The van der Waals surface area contributed by atoms with E-state index in [0.717, 1.165) is 48.5 Å². The van der Waals surface area contributed by atoms with Gasteiger partial charge < -0.3 is 5.41 Å². The van der Waals surface area contributed by atoms with Crippen molar-refractivity contribution in [3.8, 4) is 0 Å². The highest BCUT2D eigenvalue weighted by molar-refractivity contribution is 6.29. The molecular weight excluding hydrogens is 354 g/mol. The van der Waals surface area contributed by atoms with Crippen LogP contribution >= 0.6 is 0 Å². The summed E-state index contributed by atoms with van der Waals surface area (Å²) in [6.07, 6.45) is 3.66. The number of hydrogen-bond donors (Lipinski definition) is 0. The summed E-state index contributed by atoms with van der Waals surface area (Å²) in [5, 5.41) is 9.88. The molecule has 0 saturated carbocycles. The van der Waals surface area contributed by atoms with Gasteiger partial charge >= 0.3 is 0 Å². The first-order valence-corrected chi connectivity index (χ1v) is 10.6. The Balaban J connectivity index is 2.54. The first kappa shape index (κ1) is 22.5. The van der Waals surface area contributed by atoms with E-state index in [0.29, 0.717) is 5.57 Å². The maximum atomic E-state index is 9.88. The number of allylic oxidation sites excluding steroid dienone is 1. The molecule has 0 unspecified atom stereocenters. The molecule has 0 heterocycles. The second kappa shape index (κ2) is 10.7. The van der Waals surface area contributed by atoms with Crippen molar-refractivity contribution in [2.45, 2.75) is 67.2 Å². The number of aliphatic imine (C=N–C) groups is 2. The van der Waals surface area contributed by atoms with Gasteiger partial charge in [0.15, 0.2) is 0 Å². The lowest BCUT2D eigenvalue weighted by molar-refractivity contribution is 1.08. The number of para-hydroxylation sites is 2. The van der Waals surface area contributed by atoms with Crippen LogP contribution in [0.15, 0.2) is 52.0 Å². The van der Waals surface area contributed by atoms with Crippen LogP contribution in [-0.4, -0.2) is 17.3 Å². The van der Waals surface area contributed by atoms with Crippen molar-refractivity contribution in [2.24, 2.45) is 9.98 Å². The molecule has 0 aliphatic rings. The van der Waals surface area contributed by atoms with E-state index in [2.05, 4.69) is 70.0 Å².